The molecule has 0 unspecified atom stereocenters. The largest absolute Gasteiger partial charge is 0.480 e. The number of rotatable bonds is 7. The van der Waals surface area contributed by atoms with E-state index in [9.17, 15) is 28.1 Å². The maximum atomic E-state index is 12.8. The Kier molecular flexibility index (Phi) is 5.99. The molecule has 1 aromatic carbocycles. The molecule has 11 heteroatoms. The van der Waals surface area contributed by atoms with E-state index in [1.807, 2.05) is 0 Å². The summed E-state index contributed by atoms with van der Waals surface area (Å²) in [5, 5.41) is 19.8. The lowest BCUT2D eigenvalue weighted by Gasteiger charge is -2.24. The molecule has 1 N–H and O–H groups in total. The van der Waals surface area contributed by atoms with E-state index in [4.69, 9.17) is 5.11 Å². The number of carboxylic acids is 1. The molecule has 0 aliphatic heterocycles. The van der Waals surface area contributed by atoms with Gasteiger partial charge in [-0.15, -0.1) is 0 Å². The second-order valence-corrected chi connectivity index (χ2v) is 6.83. The van der Waals surface area contributed by atoms with Crippen LogP contribution in [0.25, 0.3) is 0 Å². The van der Waals surface area contributed by atoms with Crippen LogP contribution < -0.4 is 0 Å². The van der Waals surface area contributed by atoms with E-state index in [2.05, 4.69) is 4.74 Å². The molecular formula is C13H16N2O8S. The normalized spacial score (nSPS) is 11.5. The van der Waals surface area contributed by atoms with Crippen molar-refractivity contribution in [2.75, 3.05) is 13.7 Å². The summed E-state index contributed by atoms with van der Waals surface area (Å²) < 4.78 is 30.6. The van der Waals surface area contributed by atoms with Gasteiger partial charge in [0.05, 0.1) is 17.6 Å². The summed E-state index contributed by atoms with van der Waals surface area (Å²) in [6.07, 6.45) is 0. The zero-order valence-corrected chi connectivity index (χ0v) is 13.9. The van der Waals surface area contributed by atoms with E-state index < -0.39 is 55.6 Å². The summed E-state index contributed by atoms with van der Waals surface area (Å²) >= 11 is 0. The summed E-state index contributed by atoms with van der Waals surface area (Å²) in [4.78, 5) is 32.1. The van der Waals surface area contributed by atoms with E-state index in [1.54, 1.807) is 0 Å². The minimum Gasteiger partial charge on any atom is -0.480 e. The first kappa shape index (κ1) is 19.5. The number of nitro benzene ring substituents is 1. The van der Waals surface area contributed by atoms with Crippen LogP contribution in [0.4, 0.5) is 5.69 Å². The smallest absolute Gasteiger partial charge is 0.339 e. The molecule has 0 atom stereocenters. The highest BCUT2D eigenvalue weighted by Crippen LogP contribution is 2.27. The third-order valence-corrected chi connectivity index (χ3v) is 5.10. The highest BCUT2D eigenvalue weighted by Gasteiger charge is 2.34. The SMILES string of the molecule is COC(=O)c1ccc([N+](=O)[O-])cc1S(=O)(=O)N(CC(=O)O)C(C)C. The van der Waals surface area contributed by atoms with Gasteiger partial charge in [-0.1, -0.05) is 0 Å². The number of ether oxygens (including phenoxy) is 1. The molecule has 0 spiro atoms. The summed E-state index contributed by atoms with van der Waals surface area (Å²) in [6.45, 7) is 2.02. The molecular weight excluding hydrogens is 344 g/mol. The molecule has 132 valence electrons. The maximum absolute atomic E-state index is 12.8. The number of carbonyl (C=O) groups excluding carboxylic acids is 1. The fraction of sp³-hybridized carbons (Fsp3) is 0.385. The lowest BCUT2D eigenvalue weighted by Crippen LogP contribution is -2.41. The summed E-state index contributed by atoms with van der Waals surface area (Å²) in [7, 11) is -3.46. The number of esters is 1. The number of carbonyl (C=O) groups is 2. The van der Waals surface area contributed by atoms with Crippen molar-refractivity contribution in [1.82, 2.24) is 4.31 Å². The number of hydrogen-bond acceptors (Lipinski definition) is 7. The summed E-state index contributed by atoms with van der Waals surface area (Å²) in [6, 6.07) is 1.87. The summed E-state index contributed by atoms with van der Waals surface area (Å²) in [5.74, 6) is -2.42. The fourth-order valence-electron chi connectivity index (χ4n) is 1.92. The Morgan fingerprint density at radius 1 is 1.38 bits per heavy atom. The number of nitro groups is 1. The molecule has 0 aliphatic carbocycles. The lowest BCUT2D eigenvalue weighted by atomic mass is 10.2. The number of methoxy groups -OCH3 is 1. The lowest BCUT2D eigenvalue weighted by molar-refractivity contribution is -0.385. The van der Waals surface area contributed by atoms with Gasteiger partial charge in [0.25, 0.3) is 5.69 Å². The Balaban J connectivity index is 3.65. The van der Waals surface area contributed by atoms with Crippen LogP contribution in [0.3, 0.4) is 0 Å². The molecule has 10 nitrogen and oxygen atoms in total. The first-order valence-corrected chi connectivity index (χ1v) is 8.06. The molecule has 0 heterocycles. The quantitative estimate of drug-likeness (QED) is 0.428. The molecule has 0 fully saturated rings. The monoisotopic (exact) mass is 360 g/mol. The zero-order chi connectivity index (χ0) is 18.7. The first-order chi connectivity index (χ1) is 11.0. The Bertz CT molecular complexity index is 772. The van der Waals surface area contributed by atoms with Gasteiger partial charge in [0.2, 0.25) is 10.0 Å². The van der Waals surface area contributed by atoms with Crippen molar-refractivity contribution in [3.8, 4) is 0 Å². The minimum atomic E-state index is -4.49. The summed E-state index contributed by atoms with van der Waals surface area (Å²) in [5.41, 5.74) is -0.973. The van der Waals surface area contributed by atoms with Gasteiger partial charge in [-0.05, 0) is 19.9 Å². The van der Waals surface area contributed by atoms with Crippen molar-refractivity contribution in [2.45, 2.75) is 24.8 Å². The van der Waals surface area contributed by atoms with Crippen LogP contribution in [0.1, 0.15) is 24.2 Å². The van der Waals surface area contributed by atoms with Crippen molar-refractivity contribution >= 4 is 27.6 Å². The maximum Gasteiger partial charge on any atom is 0.339 e. The molecule has 0 saturated heterocycles. The van der Waals surface area contributed by atoms with E-state index in [0.717, 1.165) is 19.2 Å². The van der Waals surface area contributed by atoms with Crippen molar-refractivity contribution < 1.29 is 32.8 Å². The minimum absolute atomic E-state index is 0.417. The number of hydrogen-bond donors (Lipinski definition) is 1. The van der Waals surface area contributed by atoms with Gasteiger partial charge in [-0.3, -0.25) is 14.9 Å². The second kappa shape index (κ2) is 7.36. The van der Waals surface area contributed by atoms with Crippen LogP contribution in [-0.2, 0) is 19.6 Å². The highest BCUT2D eigenvalue weighted by molar-refractivity contribution is 7.89. The molecule has 0 aromatic heterocycles. The van der Waals surface area contributed by atoms with E-state index in [-0.39, 0.29) is 0 Å². The van der Waals surface area contributed by atoms with Crippen molar-refractivity contribution in [2.24, 2.45) is 0 Å². The Morgan fingerprint density at radius 2 is 1.96 bits per heavy atom. The molecule has 0 radical (unpaired) electrons. The van der Waals surface area contributed by atoms with Crippen LogP contribution >= 0.6 is 0 Å². The Morgan fingerprint density at radius 3 is 2.38 bits per heavy atom. The number of carboxylic acid groups (broad SMARTS) is 1. The number of aliphatic carboxylic acids is 1. The third-order valence-electron chi connectivity index (χ3n) is 3.04. The molecule has 24 heavy (non-hydrogen) atoms. The molecule has 1 aromatic rings. The molecule has 0 amide bonds. The Hall–Kier alpha value is -2.53. The molecule has 1 rings (SSSR count). The average Bonchev–Trinajstić information content (AvgIpc) is 2.50. The second-order valence-electron chi connectivity index (χ2n) is 4.97. The van der Waals surface area contributed by atoms with Gasteiger partial charge < -0.3 is 9.84 Å². The standard InChI is InChI=1S/C13H16N2O8S/c1-8(2)14(7-12(16)17)24(21,22)11-6-9(15(19)20)4-5-10(11)13(18)23-3/h4-6,8H,7H2,1-3H3,(H,16,17). The van der Waals surface area contributed by atoms with Crippen molar-refractivity contribution in [3.63, 3.8) is 0 Å². The third kappa shape index (κ3) is 4.06. The number of benzene rings is 1. The van der Waals surface area contributed by atoms with Crippen LogP contribution in [0.15, 0.2) is 23.1 Å². The van der Waals surface area contributed by atoms with Crippen molar-refractivity contribution in [1.29, 1.82) is 0 Å². The van der Waals surface area contributed by atoms with E-state index >= 15 is 0 Å². The van der Waals surface area contributed by atoms with E-state index in [0.29, 0.717) is 10.4 Å². The predicted molar refractivity (Wildman–Crippen MR) is 81.1 cm³/mol. The van der Waals surface area contributed by atoms with Crippen LogP contribution in [0, 0.1) is 10.1 Å². The number of nitrogens with zero attached hydrogens (tertiary/aromatic N) is 2. The van der Waals surface area contributed by atoms with E-state index in [1.165, 1.54) is 13.8 Å². The van der Waals surface area contributed by atoms with Gasteiger partial charge >= 0.3 is 11.9 Å². The average molecular weight is 360 g/mol. The Labute approximate surface area is 137 Å². The van der Waals surface area contributed by atoms with Gasteiger partial charge in [0.15, 0.2) is 0 Å². The first-order valence-electron chi connectivity index (χ1n) is 6.62. The van der Waals surface area contributed by atoms with Gasteiger partial charge in [0, 0.05) is 18.2 Å². The fourth-order valence-corrected chi connectivity index (χ4v) is 3.71. The number of sulfonamides is 1. The van der Waals surface area contributed by atoms with Gasteiger partial charge in [-0.25, -0.2) is 13.2 Å². The van der Waals surface area contributed by atoms with Crippen LogP contribution in [0.5, 0.6) is 0 Å². The highest BCUT2D eigenvalue weighted by atomic mass is 32.2. The molecule has 0 aliphatic rings. The van der Waals surface area contributed by atoms with Gasteiger partial charge in [-0.2, -0.15) is 4.31 Å². The molecule has 0 bridgehead atoms. The molecule has 0 saturated carbocycles. The topological polar surface area (TPSA) is 144 Å². The van der Waals surface area contributed by atoms with Crippen LogP contribution in [-0.4, -0.2) is 54.4 Å². The van der Waals surface area contributed by atoms with Crippen LogP contribution in [0.2, 0.25) is 0 Å². The van der Waals surface area contributed by atoms with Crippen molar-refractivity contribution in [3.05, 3.63) is 33.9 Å². The predicted octanol–water partition coefficient (Wildman–Crippen LogP) is 0.865. The zero-order valence-electron chi connectivity index (χ0n) is 13.1. The number of non-ortho nitro benzene ring substituents is 1. The van der Waals surface area contributed by atoms with Gasteiger partial charge in [0.1, 0.15) is 11.4 Å².